The molecule has 5 nitrogen and oxygen atoms in total. The molecular formula is C18H16N4OS2. The first-order valence-electron chi connectivity index (χ1n) is 7.84. The fraction of sp³-hybridized carbons (Fsp3) is 0.167. The molecule has 0 aliphatic carbocycles. The molecular weight excluding hydrogens is 352 g/mol. The maximum Gasteiger partial charge on any atom is 0.267 e. The van der Waals surface area contributed by atoms with Gasteiger partial charge in [0.15, 0.2) is 5.13 Å². The average Bonchev–Trinajstić information content (AvgIpc) is 3.27. The number of thiazole rings is 1. The van der Waals surface area contributed by atoms with Crippen molar-refractivity contribution in [3.05, 3.63) is 63.6 Å². The lowest BCUT2D eigenvalue weighted by Gasteiger charge is -2.02. The van der Waals surface area contributed by atoms with Crippen LogP contribution < -0.4 is 5.32 Å². The van der Waals surface area contributed by atoms with Crippen LogP contribution in [0.4, 0.5) is 5.13 Å². The van der Waals surface area contributed by atoms with Gasteiger partial charge in [0.2, 0.25) is 0 Å². The van der Waals surface area contributed by atoms with Crippen LogP contribution >= 0.6 is 22.7 Å². The molecule has 126 valence electrons. The first-order chi connectivity index (χ1) is 12.1. The van der Waals surface area contributed by atoms with Gasteiger partial charge in [0.25, 0.3) is 5.91 Å². The quantitative estimate of drug-likeness (QED) is 0.578. The minimum Gasteiger partial charge on any atom is -0.297 e. The number of hydrogen-bond donors (Lipinski definition) is 1. The highest BCUT2D eigenvalue weighted by molar-refractivity contribution is 7.20. The van der Waals surface area contributed by atoms with Crippen molar-refractivity contribution in [3.8, 4) is 0 Å². The lowest BCUT2D eigenvalue weighted by Crippen LogP contribution is -2.09. The Bertz CT molecular complexity index is 1050. The molecule has 1 amide bonds. The van der Waals surface area contributed by atoms with E-state index >= 15 is 0 Å². The van der Waals surface area contributed by atoms with Crippen molar-refractivity contribution in [2.75, 3.05) is 5.32 Å². The molecule has 0 unspecified atom stereocenters. The van der Waals surface area contributed by atoms with Gasteiger partial charge in [-0.2, -0.15) is 5.10 Å². The van der Waals surface area contributed by atoms with Gasteiger partial charge in [-0.15, -0.1) is 22.7 Å². The molecule has 25 heavy (non-hydrogen) atoms. The van der Waals surface area contributed by atoms with E-state index in [-0.39, 0.29) is 5.91 Å². The molecule has 0 aliphatic heterocycles. The van der Waals surface area contributed by atoms with Gasteiger partial charge in [0, 0.05) is 10.8 Å². The van der Waals surface area contributed by atoms with Crippen LogP contribution in [0.3, 0.4) is 0 Å². The maximum atomic E-state index is 12.5. The van der Waals surface area contributed by atoms with Crippen LogP contribution in [-0.4, -0.2) is 20.7 Å². The summed E-state index contributed by atoms with van der Waals surface area (Å²) in [6, 6.07) is 12.1. The largest absolute Gasteiger partial charge is 0.297 e. The summed E-state index contributed by atoms with van der Waals surface area (Å²) in [5, 5.41) is 11.1. The van der Waals surface area contributed by atoms with Crippen LogP contribution in [0.2, 0.25) is 0 Å². The van der Waals surface area contributed by atoms with E-state index in [1.165, 1.54) is 28.2 Å². The Kier molecular flexibility index (Phi) is 4.10. The molecule has 1 N–H and O–H groups in total. The van der Waals surface area contributed by atoms with E-state index in [0.717, 1.165) is 21.6 Å². The van der Waals surface area contributed by atoms with Gasteiger partial charge >= 0.3 is 0 Å². The molecule has 0 spiro atoms. The first kappa shape index (κ1) is 16.0. The number of nitrogens with one attached hydrogen (secondary N) is 1. The van der Waals surface area contributed by atoms with Crippen molar-refractivity contribution in [3.63, 3.8) is 0 Å². The van der Waals surface area contributed by atoms with Crippen molar-refractivity contribution < 1.29 is 4.79 Å². The van der Waals surface area contributed by atoms with Crippen LogP contribution in [-0.2, 0) is 6.54 Å². The van der Waals surface area contributed by atoms with Crippen molar-refractivity contribution in [1.82, 2.24) is 14.8 Å². The average molecular weight is 368 g/mol. The van der Waals surface area contributed by atoms with Crippen LogP contribution in [0.1, 0.15) is 26.6 Å². The molecule has 3 heterocycles. The highest BCUT2D eigenvalue weighted by Crippen LogP contribution is 2.29. The predicted molar refractivity (Wildman–Crippen MR) is 103 cm³/mol. The van der Waals surface area contributed by atoms with Crippen molar-refractivity contribution >= 4 is 43.9 Å². The van der Waals surface area contributed by atoms with E-state index in [1.807, 2.05) is 48.2 Å². The van der Waals surface area contributed by atoms with Crippen molar-refractivity contribution in [1.29, 1.82) is 0 Å². The van der Waals surface area contributed by atoms with Gasteiger partial charge < -0.3 is 0 Å². The minimum absolute atomic E-state index is 0.124. The first-order valence-corrected chi connectivity index (χ1v) is 9.54. The van der Waals surface area contributed by atoms with Crippen LogP contribution in [0.25, 0.3) is 10.2 Å². The molecule has 7 heteroatoms. The highest BCUT2D eigenvalue weighted by Gasteiger charge is 2.17. The smallest absolute Gasteiger partial charge is 0.267 e. The Morgan fingerprint density at radius 1 is 1.24 bits per heavy atom. The summed E-state index contributed by atoms with van der Waals surface area (Å²) in [4.78, 5) is 18.5. The number of hydrogen-bond acceptors (Lipinski definition) is 5. The fourth-order valence-corrected chi connectivity index (χ4v) is 4.40. The summed E-state index contributed by atoms with van der Waals surface area (Å²) in [5.74, 6) is -0.124. The molecule has 0 saturated heterocycles. The van der Waals surface area contributed by atoms with E-state index in [4.69, 9.17) is 0 Å². The number of nitrogens with zero attached hydrogens (tertiary/aromatic N) is 3. The molecule has 3 aromatic heterocycles. The second-order valence-electron chi connectivity index (χ2n) is 5.81. The number of carbonyl (C=O) groups excluding carboxylic acids is 1. The maximum absolute atomic E-state index is 12.5. The van der Waals surface area contributed by atoms with Gasteiger partial charge in [-0.25, -0.2) is 4.98 Å². The van der Waals surface area contributed by atoms with Crippen molar-refractivity contribution in [2.45, 2.75) is 20.4 Å². The molecule has 4 aromatic rings. The van der Waals surface area contributed by atoms with E-state index < -0.39 is 0 Å². The van der Waals surface area contributed by atoms with E-state index in [1.54, 1.807) is 0 Å². The van der Waals surface area contributed by atoms with Gasteiger partial charge in [0.05, 0.1) is 22.8 Å². The van der Waals surface area contributed by atoms with Crippen LogP contribution in [0, 0.1) is 13.8 Å². The number of carbonyl (C=O) groups is 1. The standard InChI is InChI=1S/C18H16N4OS2/c1-11-10-24-18(19-11)20-16(23)15-8-14-12(2)21-22(17(14)25-15)9-13-6-4-3-5-7-13/h3-8,10H,9H2,1-2H3,(H,19,20,23). The Morgan fingerprint density at radius 2 is 2.04 bits per heavy atom. The molecule has 0 saturated carbocycles. The summed E-state index contributed by atoms with van der Waals surface area (Å²) in [7, 11) is 0. The number of aromatic nitrogens is 3. The molecule has 0 bridgehead atoms. The lowest BCUT2D eigenvalue weighted by molar-refractivity contribution is 0.103. The van der Waals surface area contributed by atoms with Crippen LogP contribution in [0.5, 0.6) is 0 Å². The number of anilines is 1. The summed E-state index contributed by atoms with van der Waals surface area (Å²) in [5.41, 5.74) is 3.03. The molecule has 0 fully saturated rings. The Morgan fingerprint density at radius 3 is 2.76 bits per heavy atom. The van der Waals surface area contributed by atoms with Crippen molar-refractivity contribution in [2.24, 2.45) is 0 Å². The zero-order valence-electron chi connectivity index (χ0n) is 13.8. The third kappa shape index (κ3) is 3.20. The molecule has 0 atom stereocenters. The van der Waals surface area contributed by atoms with E-state index in [0.29, 0.717) is 16.6 Å². The SMILES string of the molecule is Cc1csc(NC(=O)c2cc3c(C)nn(Cc4ccccc4)c3s2)n1. The zero-order chi connectivity index (χ0) is 17.4. The van der Waals surface area contributed by atoms with Gasteiger partial charge in [-0.1, -0.05) is 30.3 Å². The topological polar surface area (TPSA) is 59.8 Å². The second kappa shape index (κ2) is 6.42. The summed E-state index contributed by atoms with van der Waals surface area (Å²) in [6.07, 6.45) is 0. The number of thiophene rings is 1. The minimum atomic E-state index is -0.124. The molecule has 0 aliphatic rings. The Labute approximate surface area is 153 Å². The number of amides is 1. The predicted octanol–water partition coefficient (Wildman–Crippen LogP) is 4.47. The normalized spacial score (nSPS) is 11.1. The second-order valence-corrected chi connectivity index (χ2v) is 7.70. The zero-order valence-corrected chi connectivity index (χ0v) is 15.4. The molecule has 1 aromatic carbocycles. The van der Waals surface area contributed by atoms with Gasteiger partial charge in [-0.05, 0) is 25.5 Å². The lowest BCUT2D eigenvalue weighted by atomic mass is 10.2. The summed E-state index contributed by atoms with van der Waals surface area (Å²) >= 11 is 2.90. The monoisotopic (exact) mass is 368 g/mol. The molecule has 4 rings (SSSR count). The summed E-state index contributed by atoms with van der Waals surface area (Å²) < 4.78 is 1.97. The van der Waals surface area contributed by atoms with Gasteiger partial charge in [-0.3, -0.25) is 14.8 Å². The molecule has 0 radical (unpaired) electrons. The highest BCUT2D eigenvalue weighted by atomic mass is 32.1. The number of fused-ring (bicyclic) bond motifs is 1. The number of rotatable bonds is 4. The number of benzene rings is 1. The third-order valence-electron chi connectivity index (χ3n) is 3.85. The summed E-state index contributed by atoms with van der Waals surface area (Å²) in [6.45, 7) is 4.58. The van der Waals surface area contributed by atoms with E-state index in [2.05, 4.69) is 27.5 Å². The number of aryl methyl sites for hydroxylation is 2. The third-order valence-corrected chi connectivity index (χ3v) is 5.87. The van der Waals surface area contributed by atoms with E-state index in [9.17, 15) is 4.79 Å². The van der Waals surface area contributed by atoms with Crippen LogP contribution in [0.15, 0.2) is 41.8 Å². The Balaban J connectivity index is 1.63. The fourth-order valence-electron chi connectivity index (χ4n) is 2.66. The van der Waals surface area contributed by atoms with Gasteiger partial charge in [0.1, 0.15) is 4.83 Å². The Hall–Kier alpha value is -2.51.